The van der Waals surface area contributed by atoms with Crippen molar-refractivity contribution in [2.45, 2.75) is 52.0 Å². The van der Waals surface area contributed by atoms with Crippen molar-refractivity contribution in [3.8, 4) is 0 Å². The fourth-order valence-electron chi connectivity index (χ4n) is 5.66. The summed E-state index contributed by atoms with van der Waals surface area (Å²) in [6.45, 7) is 10.1. The average molecular weight is 520 g/mol. The number of nitrogens with one attached hydrogen (secondary N) is 2. The van der Waals surface area contributed by atoms with E-state index in [0.29, 0.717) is 24.6 Å². The van der Waals surface area contributed by atoms with Gasteiger partial charge in [0.2, 0.25) is 0 Å². The van der Waals surface area contributed by atoms with E-state index in [0.717, 1.165) is 78.1 Å². The molecule has 1 aromatic carbocycles. The average Bonchev–Trinajstić information content (AvgIpc) is 3.33. The number of fused-ring (bicyclic) bond motifs is 4. The van der Waals surface area contributed by atoms with Gasteiger partial charge in [-0.3, -0.25) is 4.79 Å². The highest BCUT2D eigenvalue weighted by Gasteiger charge is 2.32. The summed E-state index contributed by atoms with van der Waals surface area (Å²) in [4.78, 5) is 23.0. The van der Waals surface area contributed by atoms with Gasteiger partial charge in [0.25, 0.3) is 5.91 Å². The van der Waals surface area contributed by atoms with Crippen LogP contribution in [0.25, 0.3) is 5.65 Å². The van der Waals surface area contributed by atoms with Gasteiger partial charge in [-0.2, -0.15) is 9.61 Å². The molecule has 2 aromatic heterocycles. The predicted octanol–water partition coefficient (Wildman–Crippen LogP) is 4.58. The summed E-state index contributed by atoms with van der Waals surface area (Å²) in [6.07, 6.45) is 4.38. The quantitative estimate of drug-likeness (QED) is 0.528. The van der Waals surface area contributed by atoms with Crippen molar-refractivity contribution in [2.24, 2.45) is 0 Å². The molecule has 0 radical (unpaired) electrons. The number of likely N-dealkylation sites (N-methyl/N-ethyl adjacent to an activating group) is 1. The summed E-state index contributed by atoms with van der Waals surface area (Å²) >= 11 is 0. The smallest absolute Gasteiger partial charge is 0.254 e. The van der Waals surface area contributed by atoms with E-state index in [2.05, 4.69) is 34.2 Å². The number of alkyl halides is 1. The molecule has 1 amide bonds. The van der Waals surface area contributed by atoms with Gasteiger partial charge in [-0.05, 0) is 57.6 Å². The predicted molar refractivity (Wildman–Crippen MR) is 150 cm³/mol. The second-order valence-corrected chi connectivity index (χ2v) is 10.5. The summed E-state index contributed by atoms with van der Waals surface area (Å²) in [7, 11) is 2.03. The molecule has 8 nitrogen and oxygen atoms in total. The number of amides is 1. The number of carbonyl (C=O) groups excluding carboxylic acids is 1. The fraction of sp³-hybridized carbons (Fsp3) is 0.483. The van der Waals surface area contributed by atoms with E-state index < -0.39 is 6.67 Å². The van der Waals surface area contributed by atoms with Crippen LogP contribution in [0.2, 0.25) is 0 Å². The highest BCUT2D eigenvalue weighted by molar-refractivity contribution is 5.96. The van der Waals surface area contributed by atoms with Gasteiger partial charge in [-0.15, -0.1) is 0 Å². The molecule has 1 unspecified atom stereocenters. The van der Waals surface area contributed by atoms with Crippen molar-refractivity contribution in [3.05, 3.63) is 64.5 Å². The number of carbonyl (C=O) groups is 1. The lowest BCUT2D eigenvalue weighted by Crippen LogP contribution is -2.39. The van der Waals surface area contributed by atoms with E-state index in [-0.39, 0.29) is 18.5 Å². The van der Waals surface area contributed by atoms with Crippen LogP contribution in [0.15, 0.2) is 36.5 Å². The van der Waals surface area contributed by atoms with Gasteiger partial charge in [-0.25, -0.2) is 9.37 Å². The lowest BCUT2D eigenvalue weighted by atomic mass is 9.95. The van der Waals surface area contributed by atoms with Gasteiger partial charge >= 0.3 is 0 Å². The molecule has 202 valence electrons. The molecule has 0 aliphatic carbocycles. The number of rotatable bonds is 3. The van der Waals surface area contributed by atoms with E-state index in [4.69, 9.17) is 10.1 Å². The van der Waals surface area contributed by atoms with Gasteiger partial charge in [0.15, 0.2) is 5.65 Å². The maximum atomic E-state index is 14.1. The Labute approximate surface area is 223 Å². The second-order valence-electron chi connectivity index (χ2n) is 10.5. The zero-order valence-corrected chi connectivity index (χ0v) is 22.7. The third-order valence-corrected chi connectivity index (χ3v) is 7.69. The number of piperidine rings is 1. The molecule has 3 aromatic rings. The van der Waals surface area contributed by atoms with Gasteiger partial charge in [0, 0.05) is 56.1 Å². The Bertz CT molecular complexity index is 1350. The lowest BCUT2D eigenvalue weighted by molar-refractivity contribution is 0.0604. The first kappa shape index (κ1) is 26.0. The summed E-state index contributed by atoms with van der Waals surface area (Å²) in [5.41, 5.74) is 6.28. The SMILES string of the molecule is C=C1CCc2ccc(C)cc2C(=O)N2CCCCC2c2cc3nc(NCCF)c(C)c(n3n2)N(C)CCN1. The van der Waals surface area contributed by atoms with Gasteiger partial charge in [0.1, 0.15) is 18.3 Å². The molecule has 2 aliphatic heterocycles. The molecule has 2 N–H and O–H groups in total. The molecule has 38 heavy (non-hydrogen) atoms. The number of benzene rings is 1. The maximum absolute atomic E-state index is 14.1. The second kappa shape index (κ2) is 11.0. The van der Waals surface area contributed by atoms with Gasteiger partial charge in [0.05, 0.1) is 11.7 Å². The standard InChI is InChI=1S/C29H38FN7O/c1-19-8-10-22-11-9-20(2)31-14-16-35(4)28-21(3)27(32-13-12-30)33-26-18-24(34-37(26)28)25-7-5-6-15-36(25)29(38)23(22)17-19/h8,10,17-18,25,31H,2,5-7,9,11-16H2,1,3-4H3,(H,32,33). The van der Waals surface area contributed by atoms with Crippen LogP contribution in [0.3, 0.4) is 0 Å². The Balaban J connectivity index is 1.65. The van der Waals surface area contributed by atoms with Crippen molar-refractivity contribution in [1.29, 1.82) is 0 Å². The van der Waals surface area contributed by atoms with Crippen LogP contribution < -0.4 is 15.5 Å². The number of hydrogen-bond acceptors (Lipinski definition) is 6. The minimum atomic E-state index is -0.478. The molecule has 2 bridgehead atoms. The van der Waals surface area contributed by atoms with E-state index in [9.17, 15) is 9.18 Å². The number of aryl methyl sites for hydroxylation is 2. The first-order valence-electron chi connectivity index (χ1n) is 13.6. The summed E-state index contributed by atoms with van der Waals surface area (Å²) in [6, 6.07) is 8.05. The first-order chi connectivity index (χ1) is 18.4. The molecule has 9 heteroatoms. The van der Waals surface area contributed by atoms with Gasteiger partial charge < -0.3 is 20.4 Å². The molecule has 5 rings (SSSR count). The maximum Gasteiger partial charge on any atom is 0.254 e. The molecule has 1 atom stereocenters. The largest absolute Gasteiger partial charge is 0.387 e. The van der Waals surface area contributed by atoms with E-state index in [1.165, 1.54) is 0 Å². The normalized spacial score (nSPS) is 18.9. The van der Waals surface area contributed by atoms with Crippen molar-refractivity contribution in [1.82, 2.24) is 24.8 Å². The van der Waals surface area contributed by atoms with Crippen molar-refractivity contribution in [3.63, 3.8) is 0 Å². The number of anilines is 2. The third-order valence-electron chi connectivity index (χ3n) is 7.69. The van der Waals surface area contributed by atoms with Crippen LogP contribution in [-0.2, 0) is 6.42 Å². The zero-order chi connectivity index (χ0) is 26.8. The van der Waals surface area contributed by atoms with Crippen LogP contribution >= 0.6 is 0 Å². The summed E-state index contributed by atoms with van der Waals surface area (Å²) < 4.78 is 14.9. The van der Waals surface area contributed by atoms with Crippen LogP contribution in [-0.4, -0.2) is 65.3 Å². The first-order valence-corrected chi connectivity index (χ1v) is 13.6. The fourth-order valence-corrected chi connectivity index (χ4v) is 5.66. The topological polar surface area (TPSA) is 77.8 Å². The van der Waals surface area contributed by atoms with Crippen molar-refractivity contribution in [2.75, 3.05) is 50.1 Å². The third kappa shape index (κ3) is 5.06. The molecule has 1 fully saturated rings. The Morgan fingerprint density at radius 2 is 2.03 bits per heavy atom. The Kier molecular flexibility index (Phi) is 7.53. The highest BCUT2D eigenvalue weighted by atomic mass is 19.1. The van der Waals surface area contributed by atoms with E-state index in [1.54, 1.807) is 0 Å². The minimum Gasteiger partial charge on any atom is -0.387 e. The molecule has 2 aliphatic rings. The van der Waals surface area contributed by atoms with Gasteiger partial charge in [-0.1, -0.05) is 24.3 Å². The van der Waals surface area contributed by atoms with Crippen LogP contribution in [0, 0.1) is 13.8 Å². The number of aromatic nitrogens is 3. The Hall–Kier alpha value is -3.62. The molecule has 0 saturated carbocycles. The van der Waals surface area contributed by atoms with Crippen LogP contribution in [0.4, 0.5) is 16.0 Å². The number of nitrogens with zero attached hydrogens (tertiary/aromatic N) is 5. The number of halogens is 1. The molecule has 4 heterocycles. The van der Waals surface area contributed by atoms with E-state index >= 15 is 0 Å². The summed E-state index contributed by atoms with van der Waals surface area (Å²) in [5.74, 6) is 1.61. The minimum absolute atomic E-state index is 0.0582. The van der Waals surface area contributed by atoms with Crippen LogP contribution in [0.1, 0.15) is 64.5 Å². The Morgan fingerprint density at radius 3 is 2.84 bits per heavy atom. The van der Waals surface area contributed by atoms with Crippen LogP contribution in [0.5, 0.6) is 0 Å². The number of hydrogen-bond donors (Lipinski definition) is 2. The highest BCUT2D eigenvalue weighted by Crippen LogP contribution is 2.35. The summed E-state index contributed by atoms with van der Waals surface area (Å²) in [5, 5.41) is 11.6. The zero-order valence-electron chi connectivity index (χ0n) is 22.7. The number of allylic oxidation sites excluding steroid dienone is 1. The molecule has 0 spiro atoms. The monoisotopic (exact) mass is 519 g/mol. The molecule has 1 saturated heterocycles. The lowest BCUT2D eigenvalue weighted by Gasteiger charge is -2.35. The Morgan fingerprint density at radius 1 is 1.18 bits per heavy atom. The molecular weight excluding hydrogens is 481 g/mol. The van der Waals surface area contributed by atoms with E-state index in [1.807, 2.05) is 42.4 Å². The van der Waals surface area contributed by atoms with Crippen molar-refractivity contribution < 1.29 is 9.18 Å². The van der Waals surface area contributed by atoms with Crippen molar-refractivity contribution >= 4 is 23.2 Å². The molecular formula is C29H38FN7O.